The lowest BCUT2D eigenvalue weighted by Gasteiger charge is -2.28. The number of carbonyl (C=O) groups excluding carboxylic acids is 2. The Labute approximate surface area is 168 Å². The van der Waals surface area contributed by atoms with E-state index in [0.717, 1.165) is 24.0 Å². The maximum Gasteiger partial charge on any atom is 0.407 e. The lowest BCUT2D eigenvalue weighted by atomic mass is 10.0. The molecule has 3 N–H and O–H groups in total. The van der Waals surface area contributed by atoms with E-state index >= 15 is 0 Å². The Morgan fingerprint density at radius 1 is 1.41 bits per heavy atom. The number of nitrogens with zero attached hydrogens (tertiary/aromatic N) is 3. The summed E-state index contributed by atoms with van der Waals surface area (Å²) in [4.78, 5) is 34.6. The summed E-state index contributed by atoms with van der Waals surface area (Å²) in [5, 5.41) is 3.65. The van der Waals surface area contributed by atoms with Gasteiger partial charge in [-0.1, -0.05) is 13.3 Å². The van der Waals surface area contributed by atoms with E-state index in [1.54, 1.807) is 12.1 Å². The summed E-state index contributed by atoms with van der Waals surface area (Å²) in [6, 6.07) is 3.35. The van der Waals surface area contributed by atoms with E-state index in [0.29, 0.717) is 17.8 Å². The van der Waals surface area contributed by atoms with Gasteiger partial charge in [0.25, 0.3) is 5.91 Å². The number of amides is 2. The first-order valence-corrected chi connectivity index (χ1v) is 9.88. The van der Waals surface area contributed by atoms with Crippen molar-refractivity contribution in [2.75, 3.05) is 11.4 Å². The molecule has 154 valence electrons. The number of ether oxygens (including phenoxy) is 2. The Bertz CT molecular complexity index is 963. The SMILES string of the molecule is CCC[C@@H]1[C@@H]2OC(=O)N[C@@H]2CN1c1ncnc2cc(C(N)=O)c(OC(C)C)cc12. The van der Waals surface area contributed by atoms with E-state index in [-0.39, 0.29) is 35.9 Å². The minimum atomic E-state index is -0.571. The molecule has 0 unspecified atom stereocenters. The number of alkyl carbamates (subject to hydrolysis) is 1. The third-order valence-electron chi connectivity index (χ3n) is 5.32. The number of nitrogens with two attached hydrogens (primary N) is 1. The lowest BCUT2D eigenvalue weighted by Crippen LogP contribution is -2.37. The average Bonchev–Trinajstić information content (AvgIpc) is 3.17. The summed E-state index contributed by atoms with van der Waals surface area (Å²) in [5.41, 5.74) is 6.44. The van der Waals surface area contributed by atoms with E-state index in [9.17, 15) is 9.59 Å². The molecule has 3 atom stereocenters. The molecule has 2 amide bonds. The topological polar surface area (TPSA) is 120 Å². The van der Waals surface area contributed by atoms with Gasteiger partial charge >= 0.3 is 6.09 Å². The third kappa shape index (κ3) is 3.41. The molecule has 2 aliphatic rings. The van der Waals surface area contributed by atoms with Crippen LogP contribution >= 0.6 is 0 Å². The van der Waals surface area contributed by atoms with Gasteiger partial charge in [-0.2, -0.15) is 0 Å². The number of primary amides is 1. The predicted octanol–water partition coefficient (Wildman–Crippen LogP) is 1.98. The number of aromatic nitrogens is 2. The first-order valence-electron chi connectivity index (χ1n) is 9.88. The fourth-order valence-corrected chi connectivity index (χ4v) is 4.20. The van der Waals surface area contributed by atoms with E-state index < -0.39 is 5.91 Å². The Morgan fingerprint density at radius 2 is 2.21 bits per heavy atom. The van der Waals surface area contributed by atoms with Gasteiger partial charge < -0.3 is 25.4 Å². The Hall–Kier alpha value is -3.10. The van der Waals surface area contributed by atoms with Crippen LogP contribution in [0.3, 0.4) is 0 Å². The van der Waals surface area contributed by atoms with Crippen molar-refractivity contribution in [3.05, 3.63) is 24.0 Å². The van der Waals surface area contributed by atoms with E-state index in [4.69, 9.17) is 15.2 Å². The molecule has 0 spiro atoms. The van der Waals surface area contributed by atoms with Crippen molar-refractivity contribution < 1.29 is 19.1 Å². The molecule has 4 rings (SSSR count). The maximum atomic E-state index is 11.9. The van der Waals surface area contributed by atoms with Gasteiger partial charge in [0.1, 0.15) is 24.0 Å². The van der Waals surface area contributed by atoms with Crippen LogP contribution in [0.2, 0.25) is 0 Å². The van der Waals surface area contributed by atoms with E-state index in [1.807, 2.05) is 13.8 Å². The van der Waals surface area contributed by atoms with Gasteiger partial charge in [0.2, 0.25) is 0 Å². The van der Waals surface area contributed by atoms with Crippen molar-refractivity contribution in [1.29, 1.82) is 0 Å². The molecule has 0 bridgehead atoms. The van der Waals surface area contributed by atoms with Crippen LogP contribution in [0, 0.1) is 0 Å². The van der Waals surface area contributed by atoms with E-state index in [1.165, 1.54) is 6.33 Å². The van der Waals surface area contributed by atoms with Crippen LogP contribution in [0.25, 0.3) is 10.9 Å². The Morgan fingerprint density at radius 3 is 2.90 bits per heavy atom. The minimum Gasteiger partial charge on any atom is -0.490 e. The minimum absolute atomic E-state index is 0.00679. The van der Waals surface area contributed by atoms with Gasteiger partial charge in [0.05, 0.1) is 29.3 Å². The zero-order valence-electron chi connectivity index (χ0n) is 16.7. The quantitative estimate of drug-likeness (QED) is 0.762. The molecule has 1 aromatic carbocycles. The third-order valence-corrected chi connectivity index (χ3v) is 5.32. The van der Waals surface area contributed by atoms with Crippen LogP contribution in [0.4, 0.5) is 10.6 Å². The van der Waals surface area contributed by atoms with Crippen LogP contribution < -0.4 is 20.7 Å². The molecule has 0 radical (unpaired) electrons. The largest absolute Gasteiger partial charge is 0.490 e. The van der Waals surface area contributed by atoms with Crippen molar-refractivity contribution in [3.8, 4) is 5.75 Å². The van der Waals surface area contributed by atoms with Crippen LogP contribution in [-0.2, 0) is 4.74 Å². The fourth-order valence-electron chi connectivity index (χ4n) is 4.20. The zero-order valence-corrected chi connectivity index (χ0v) is 16.7. The normalized spacial score (nSPS) is 23.2. The average molecular weight is 399 g/mol. The summed E-state index contributed by atoms with van der Waals surface area (Å²) in [7, 11) is 0. The monoisotopic (exact) mass is 399 g/mol. The molecule has 1 aromatic heterocycles. The van der Waals surface area contributed by atoms with Crippen molar-refractivity contribution in [2.24, 2.45) is 5.73 Å². The van der Waals surface area contributed by atoms with Gasteiger partial charge in [0, 0.05) is 11.9 Å². The highest BCUT2D eigenvalue weighted by Gasteiger charge is 2.49. The summed E-state index contributed by atoms with van der Waals surface area (Å²) in [5.74, 6) is 0.566. The zero-order chi connectivity index (χ0) is 20.7. The molecule has 3 heterocycles. The first-order chi connectivity index (χ1) is 13.9. The highest BCUT2D eigenvalue weighted by atomic mass is 16.6. The Kier molecular flexibility index (Phi) is 4.89. The van der Waals surface area contributed by atoms with Crippen LogP contribution in [0.15, 0.2) is 18.5 Å². The number of benzene rings is 1. The number of fused-ring (bicyclic) bond motifs is 2. The molecule has 2 aliphatic heterocycles. The van der Waals surface area contributed by atoms with Gasteiger partial charge in [-0.3, -0.25) is 4.79 Å². The number of anilines is 1. The van der Waals surface area contributed by atoms with Crippen molar-refractivity contribution >= 4 is 28.7 Å². The standard InChI is InChI=1S/C20H25N5O4/c1-4-5-15-17-14(24-20(27)29-17)8-25(15)19-11-7-16(28-10(2)3)12(18(21)26)6-13(11)22-9-23-19/h6-7,9-10,14-15,17H,4-5,8H2,1-3H3,(H2,21,26)(H,24,27)/t14-,15-,17-/m1/s1. The summed E-state index contributed by atoms with van der Waals surface area (Å²) >= 11 is 0. The Balaban J connectivity index is 1.81. The van der Waals surface area contributed by atoms with Crippen molar-refractivity contribution in [1.82, 2.24) is 15.3 Å². The van der Waals surface area contributed by atoms with Crippen LogP contribution in [0.1, 0.15) is 44.0 Å². The van der Waals surface area contributed by atoms with E-state index in [2.05, 4.69) is 27.1 Å². The second-order valence-corrected chi connectivity index (χ2v) is 7.72. The number of rotatable bonds is 6. The number of hydrogen-bond acceptors (Lipinski definition) is 7. The second-order valence-electron chi connectivity index (χ2n) is 7.72. The highest BCUT2D eigenvalue weighted by molar-refractivity contribution is 6.02. The molecule has 9 nitrogen and oxygen atoms in total. The number of nitrogens with one attached hydrogen (secondary N) is 1. The van der Waals surface area contributed by atoms with Crippen molar-refractivity contribution in [2.45, 2.75) is 57.9 Å². The molecule has 29 heavy (non-hydrogen) atoms. The molecule has 2 saturated heterocycles. The van der Waals surface area contributed by atoms with Gasteiger partial charge in [-0.15, -0.1) is 0 Å². The molecule has 0 aliphatic carbocycles. The fraction of sp³-hybridized carbons (Fsp3) is 0.500. The molecular weight excluding hydrogens is 374 g/mol. The maximum absolute atomic E-state index is 11.9. The molecule has 2 aromatic rings. The smallest absolute Gasteiger partial charge is 0.407 e. The summed E-state index contributed by atoms with van der Waals surface area (Å²) in [6.07, 6.45) is 2.56. The lowest BCUT2D eigenvalue weighted by molar-refractivity contribution is 0.0994. The van der Waals surface area contributed by atoms with Gasteiger partial charge in [-0.25, -0.2) is 14.8 Å². The summed E-state index contributed by atoms with van der Waals surface area (Å²) < 4.78 is 11.4. The van der Waals surface area contributed by atoms with Crippen LogP contribution in [0.5, 0.6) is 5.75 Å². The molecule has 0 saturated carbocycles. The highest BCUT2D eigenvalue weighted by Crippen LogP contribution is 2.37. The predicted molar refractivity (Wildman–Crippen MR) is 107 cm³/mol. The van der Waals surface area contributed by atoms with Gasteiger partial charge in [0.15, 0.2) is 0 Å². The number of hydrogen-bond donors (Lipinski definition) is 2. The van der Waals surface area contributed by atoms with Crippen molar-refractivity contribution in [3.63, 3.8) is 0 Å². The molecular formula is C20H25N5O4. The molecule has 9 heteroatoms. The van der Waals surface area contributed by atoms with Gasteiger partial charge in [-0.05, 0) is 32.4 Å². The number of carbonyl (C=O) groups is 2. The summed E-state index contributed by atoms with van der Waals surface area (Å²) in [6.45, 7) is 6.46. The first kappa shape index (κ1) is 19.2. The van der Waals surface area contributed by atoms with Crippen LogP contribution in [-0.4, -0.2) is 52.8 Å². The second kappa shape index (κ2) is 7.38. The molecule has 2 fully saturated rings.